The van der Waals surface area contributed by atoms with Gasteiger partial charge in [0.25, 0.3) is 5.91 Å². The Hall–Kier alpha value is -2.83. The molecule has 2 aliphatic heterocycles. The summed E-state index contributed by atoms with van der Waals surface area (Å²) in [5.41, 5.74) is 3.96. The van der Waals surface area contributed by atoms with Crippen LogP contribution in [0.25, 0.3) is 10.9 Å². The predicted molar refractivity (Wildman–Crippen MR) is 111 cm³/mol. The Morgan fingerprint density at radius 2 is 2.03 bits per heavy atom. The molecule has 1 fully saturated rings. The van der Waals surface area contributed by atoms with Crippen LogP contribution in [0.5, 0.6) is 5.75 Å². The zero-order valence-corrected chi connectivity index (χ0v) is 16.7. The van der Waals surface area contributed by atoms with Gasteiger partial charge in [0.1, 0.15) is 5.75 Å². The molecule has 0 aliphatic carbocycles. The number of benzene rings is 2. The summed E-state index contributed by atoms with van der Waals surface area (Å²) < 4.78 is 5.35. The maximum Gasteiger partial charge on any atom is 0.251 e. The van der Waals surface area contributed by atoms with Gasteiger partial charge < -0.3 is 9.72 Å². The van der Waals surface area contributed by atoms with E-state index in [1.54, 1.807) is 31.4 Å². The monoisotopic (exact) mass is 409 g/mol. The van der Waals surface area contributed by atoms with E-state index in [0.29, 0.717) is 17.3 Å². The van der Waals surface area contributed by atoms with Crippen molar-refractivity contribution in [3.8, 4) is 5.75 Å². The number of nitrogens with one attached hydrogen (secondary N) is 1. The molecule has 148 valence electrons. The molecule has 2 aromatic carbocycles. The highest BCUT2D eigenvalue weighted by atomic mass is 35.5. The number of aromatic amines is 1. The summed E-state index contributed by atoms with van der Waals surface area (Å²) in [6.45, 7) is 1.34. The number of hydrogen-bond acceptors (Lipinski definition) is 4. The predicted octanol–water partition coefficient (Wildman–Crippen LogP) is 3.52. The molecule has 1 N–H and O–H groups in total. The summed E-state index contributed by atoms with van der Waals surface area (Å²) in [5, 5.41) is 1.66. The van der Waals surface area contributed by atoms with Crippen LogP contribution in [0, 0.1) is 0 Å². The highest BCUT2D eigenvalue weighted by Gasteiger charge is 2.43. The number of fused-ring (bicyclic) bond motifs is 3. The summed E-state index contributed by atoms with van der Waals surface area (Å²) in [5.74, 6) is 0.461. The molecule has 5 rings (SSSR count). The van der Waals surface area contributed by atoms with Gasteiger partial charge in [-0.1, -0.05) is 17.7 Å². The topological polar surface area (TPSA) is 65.6 Å². The van der Waals surface area contributed by atoms with Gasteiger partial charge >= 0.3 is 0 Å². The van der Waals surface area contributed by atoms with E-state index < -0.39 is 6.04 Å². The van der Waals surface area contributed by atoms with Gasteiger partial charge in [-0.3, -0.25) is 14.5 Å². The highest BCUT2D eigenvalue weighted by Crippen LogP contribution is 2.33. The van der Waals surface area contributed by atoms with Crippen molar-refractivity contribution in [3.05, 3.63) is 58.7 Å². The third-order valence-corrected chi connectivity index (χ3v) is 6.08. The molecule has 1 aromatic heterocycles. The average Bonchev–Trinajstić information content (AvgIpc) is 3.23. The molecule has 7 heteroatoms. The number of halogens is 1. The molecule has 0 spiro atoms. The van der Waals surface area contributed by atoms with Gasteiger partial charge in [-0.15, -0.1) is 0 Å². The molecule has 29 heavy (non-hydrogen) atoms. The third kappa shape index (κ3) is 2.99. The maximum atomic E-state index is 13.1. The van der Waals surface area contributed by atoms with Crippen molar-refractivity contribution in [3.63, 3.8) is 0 Å². The van der Waals surface area contributed by atoms with E-state index >= 15 is 0 Å². The number of ether oxygens (including phenoxy) is 1. The Labute approximate surface area is 173 Å². The quantitative estimate of drug-likeness (QED) is 0.672. The van der Waals surface area contributed by atoms with E-state index in [1.165, 1.54) is 10.5 Å². The Morgan fingerprint density at radius 3 is 2.83 bits per heavy atom. The Kier molecular flexibility index (Phi) is 4.33. The molecule has 6 nitrogen and oxygen atoms in total. The van der Waals surface area contributed by atoms with Crippen LogP contribution < -0.4 is 9.64 Å². The fraction of sp³-hybridized carbons (Fsp3) is 0.273. The first-order valence-electron chi connectivity index (χ1n) is 9.59. The Balaban J connectivity index is 1.42. The summed E-state index contributed by atoms with van der Waals surface area (Å²) in [6, 6.07) is 12.4. The molecule has 3 aromatic rings. The second-order valence-corrected chi connectivity index (χ2v) is 7.92. The molecule has 0 saturated carbocycles. The number of rotatable bonds is 3. The minimum atomic E-state index is -0.449. The lowest BCUT2D eigenvalue weighted by atomic mass is 10.0. The van der Waals surface area contributed by atoms with Crippen molar-refractivity contribution in [2.45, 2.75) is 25.4 Å². The van der Waals surface area contributed by atoms with Crippen LogP contribution in [0.1, 0.15) is 17.7 Å². The molecule has 1 atom stereocenters. The smallest absolute Gasteiger partial charge is 0.251 e. The molecule has 0 radical (unpaired) electrons. The molecule has 3 heterocycles. The minimum Gasteiger partial charge on any atom is -0.497 e. The van der Waals surface area contributed by atoms with Gasteiger partial charge in [0.15, 0.2) is 0 Å². The van der Waals surface area contributed by atoms with Gasteiger partial charge in [-0.05, 0) is 48.4 Å². The van der Waals surface area contributed by atoms with Crippen LogP contribution in [0.2, 0.25) is 5.02 Å². The van der Waals surface area contributed by atoms with Crippen molar-refractivity contribution in [1.82, 2.24) is 9.88 Å². The molecule has 0 bridgehead atoms. The lowest BCUT2D eigenvalue weighted by Crippen LogP contribution is -2.44. The number of aromatic nitrogens is 1. The fourth-order valence-corrected chi connectivity index (χ4v) is 4.61. The summed E-state index contributed by atoms with van der Waals surface area (Å²) in [6.07, 6.45) is 1.01. The summed E-state index contributed by atoms with van der Waals surface area (Å²) in [7, 11) is 1.66. The van der Waals surface area contributed by atoms with Crippen LogP contribution in [-0.4, -0.2) is 41.4 Å². The van der Waals surface area contributed by atoms with Gasteiger partial charge in [-0.2, -0.15) is 0 Å². The van der Waals surface area contributed by atoms with E-state index in [2.05, 4.69) is 9.88 Å². The highest BCUT2D eigenvalue weighted by molar-refractivity contribution is 6.31. The number of amides is 2. The molecule has 2 aliphatic rings. The number of anilines is 1. The largest absolute Gasteiger partial charge is 0.497 e. The van der Waals surface area contributed by atoms with Crippen LogP contribution in [0.3, 0.4) is 0 Å². The van der Waals surface area contributed by atoms with E-state index in [9.17, 15) is 9.59 Å². The van der Waals surface area contributed by atoms with Gasteiger partial charge in [0.05, 0.1) is 25.3 Å². The lowest BCUT2D eigenvalue weighted by Gasteiger charge is -2.30. The number of imide groups is 1. The first-order chi connectivity index (χ1) is 14.0. The van der Waals surface area contributed by atoms with Crippen LogP contribution in [-0.2, 0) is 22.6 Å². The van der Waals surface area contributed by atoms with Gasteiger partial charge in [0.2, 0.25) is 5.91 Å². The van der Waals surface area contributed by atoms with Gasteiger partial charge in [0, 0.05) is 34.7 Å². The first kappa shape index (κ1) is 18.2. The second-order valence-electron chi connectivity index (χ2n) is 7.48. The molecule has 2 amide bonds. The molecule has 1 saturated heterocycles. The standard InChI is InChI=1S/C22H20ClN3O3/c1-29-15-5-6-18-17(10-15)16-7-8-25(12-19(16)24-18)20-11-21(27)26(22(20)28)14-4-2-3-13(23)9-14/h2-6,9-10,20,24H,7-8,11-12H2,1H3/t20-/m1/s1. The van der Waals surface area contributed by atoms with Gasteiger partial charge in [-0.25, -0.2) is 4.90 Å². The number of H-pyrrole nitrogens is 1. The lowest BCUT2D eigenvalue weighted by molar-refractivity contribution is -0.123. The van der Waals surface area contributed by atoms with Crippen molar-refractivity contribution in [2.24, 2.45) is 0 Å². The van der Waals surface area contributed by atoms with E-state index in [1.807, 2.05) is 18.2 Å². The molecular formula is C22H20ClN3O3. The number of carbonyl (C=O) groups excluding carboxylic acids is 2. The van der Waals surface area contributed by atoms with Crippen molar-refractivity contribution in [2.75, 3.05) is 18.6 Å². The number of methoxy groups -OCH3 is 1. The normalized spacial score (nSPS) is 19.8. The SMILES string of the molecule is COc1ccc2[nH]c3c(c2c1)CCN([C@@H]1CC(=O)N(c2cccc(Cl)c2)C1=O)C3. The maximum absolute atomic E-state index is 13.1. The summed E-state index contributed by atoms with van der Waals surface area (Å²) in [4.78, 5) is 32.5. The average molecular weight is 410 g/mol. The zero-order chi connectivity index (χ0) is 20.1. The van der Waals surface area contributed by atoms with E-state index in [4.69, 9.17) is 16.3 Å². The summed E-state index contributed by atoms with van der Waals surface area (Å²) >= 11 is 6.05. The minimum absolute atomic E-state index is 0.182. The first-order valence-corrected chi connectivity index (χ1v) is 9.97. The zero-order valence-electron chi connectivity index (χ0n) is 15.9. The van der Waals surface area contributed by atoms with E-state index in [-0.39, 0.29) is 18.2 Å². The fourth-order valence-electron chi connectivity index (χ4n) is 4.42. The Bertz CT molecular complexity index is 1140. The number of hydrogen-bond donors (Lipinski definition) is 1. The van der Waals surface area contributed by atoms with Crippen LogP contribution >= 0.6 is 11.6 Å². The third-order valence-electron chi connectivity index (χ3n) is 5.84. The number of nitrogens with zero attached hydrogens (tertiary/aromatic N) is 2. The van der Waals surface area contributed by atoms with Crippen LogP contribution in [0.15, 0.2) is 42.5 Å². The molecule has 0 unspecified atom stereocenters. The van der Waals surface area contributed by atoms with Crippen LogP contribution in [0.4, 0.5) is 5.69 Å². The number of carbonyl (C=O) groups is 2. The van der Waals surface area contributed by atoms with Crippen molar-refractivity contribution < 1.29 is 14.3 Å². The van der Waals surface area contributed by atoms with Crippen molar-refractivity contribution >= 4 is 40.0 Å². The van der Waals surface area contributed by atoms with E-state index in [0.717, 1.165) is 35.3 Å². The Morgan fingerprint density at radius 1 is 1.17 bits per heavy atom. The second kappa shape index (κ2) is 6.90. The van der Waals surface area contributed by atoms with Crippen molar-refractivity contribution in [1.29, 1.82) is 0 Å². The molecular weight excluding hydrogens is 390 g/mol.